The molecule has 19 heteroatoms. The Kier molecular flexibility index (Phi) is 23.8. The molecule has 18 nitrogen and oxygen atoms in total. The molecular formula is C37H69N12O6Se. The number of aliphatic hydroxyl groups excluding tert-OH is 1. The van der Waals surface area contributed by atoms with Gasteiger partial charge in [-0.05, 0) is 45.7 Å². The summed E-state index contributed by atoms with van der Waals surface area (Å²) in [7, 11) is 8.06. The number of methoxy groups -OCH3 is 1. The van der Waals surface area contributed by atoms with E-state index in [4.69, 9.17) is 9.84 Å². The smallest absolute Gasteiger partial charge is 0.245 e. The Morgan fingerprint density at radius 3 is 2.23 bits per heavy atom. The molecule has 2 aromatic rings. The number of aromatic nitrogens is 7. The first-order chi connectivity index (χ1) is 26.6. The average Bonchev–Trinajstić information content (AvgIpc) is 3.95. The Balaban J connectivity index is 0.00000175. The van der Waals surface area contributed by atoms with Crippen LogP contribution in [0.15, 0.2) is 6.20 Å². The second kappa shape index (κ2) is 26.4. The largest absolute Gasteiger partial charge is 0.400 e. The number of nitrogens with one attached hydrogen (secondary N) is 3. The first-order valence-electron chi connectivity index (χ1n) is 19.5. The van der Waals surface area contributed by atoms with Crippen LogP contribution in [0.3, 0.4) is 0 Å². The number of hydrogen-bond donors (Lipinski definition) is 4. The van der Waals surface area contributed by atoms with Crippen LogP contribution in [-0.2, 0) is 35.8 Å². The second-order valence-corrected chi connectivity index (χ2v) is 15.7. The number of H-pyrrole nitrogens is 1. The zero-order chi connectivity index (χ0) is 42.5. The molecule has 1 aliphatic heterocycles. The molecule has 0 aromatic carbocycles. The normalized spacial score (nSPS) is 16.6. The fourth-order valence-electron chi connectivity index (χ4n) is 6.98. The Morgan fingerprint density at radius 2 is 1.75 bits per heavy atom. The Hall–Kier alpha value is -3.51. The van der Waals surface area contributed by atoms with Crippen LogP contribution in [0.4, 0.5) is 0 Å². The van der Waals surface area contributed by atoms with E-state index in [0.717, 1.165) is 32.1 Å². The van der Waals surface area contributed by atoms with Crippen LogP contribution in [0.1, 0.15) is 91.6 Å². The van der Waals surface area contributed by atoms with Gasteiger partial charge in [-0.2, -0.15) is 5.21 Å². The summed E-state index contributed by atoms with van der Waals surface area (Å²) in [5.41, 5.74) is 0.860. The van der Waals surface area contributed by atoms with E-state index in [0.29, 0.717) is 43.6 Å². The number of aryl methyl sites for hydroxylation is 1. The molecule has 0 bridgehead atoms. The van der Waals surface area contributed by atoms with Gasteiger partial charge in [-0.15, -0.1) is 10.2 Å². The summed E-state index contributed by atoms with van der Waals surface area (Å²) in [6.07, 6.45) is 5.19. The standard InChI is InChI=1S/C34H61N8O5Se.C2H4N4.CH4O/c1-11-13-27(40(9)34(46)30(22(2)3)36-33(45)31(23(4)5)39(7)8)28(47-10)19-29(43)42-16-12-14-26(42)18-24(6)32(44)35-15-17-41-20-25(21-48)37-38-41;1-2-3-5-6-4-2;1-2/h20,22-24,26-28,30-31H,11-19,21H2,1-10H3,(H,35,44)(H,36,45);1H3,(H,3,4,5,6);2H,1H3. The number of rotatable bonds is 20. The molecular weight excluding hydrogens is 787 g/mol. The number of likely N-dealkylation sites (N-methyl/N-ethyl adjacent to an activating group) is 2. The number of amides is 4. The molecule has 0 aliphatic carbocycles. The van der Waals surface area contributed by atoms with Gasteiger partial charge in [0.1, 0.15) is 6.04 Å². The van der Waals surface area contributed by atoms with Crippen molar-refractivity contribution in [3.8, 4) is 0 Å². The van der Waals surface area contributed by atoms with Gasteiger partial charge in [0.05, 0.1) is 24.6 Å². The summed E-state index contributed by atoms with van der Waals surface area (Å²) >= 11 is 2.91. The van der Waals surface area contributed by atoms with Crippen molar-refractivity contribution in [2.45, 2.75) is 129 Å². The fourth-order valence-corrected chi connectivity index (χ4v) is 7.25. The van der Waals surface area contributed by atoms with E-state index in [1.54, 1.807) is 30.7 Å². The van der Waals surface area contributed by atoms with Crippen LogP contribution < -0.4 is 10.6 Å². The third-order valence-corrected chi connectivity index (χ3v) is 10.4. The van der Waals surface area contributed by atoms with Crippen LogP contribution in [-0.4, -0.2) is 174 Å². The number of ether oxygens (including phenoxy) is 1. The number of aromatic amines is 1. The van der Waals surface area contributed by atoms with Crippen molar-refractivity contribution in [1.29, 1.82) is 0 Å². The van der Waals surface area contributed by atoms with Crippen LogP contribution in [0, 0.1) is 24.7 Å². The number of carbonyl (C=O) groups is 4. The van der Waals surface area contributed by atoms with Crippen molar-refractivity contribution < 1.29 is 29.0 Å². The molecule has 1 saturated heterocycles. The van der Waals surface area contributed by atoms with E-state index in [2.05, 4.69) is 57.6 Å². The summed E-state index contributed by atoms with van der Waals surface area (Å²) in [6, 6.07) is -1.47. The van der Waals surface area contributed by atoms with Crippen LogP contribution in [0.5, 0.6) is 0 Å². The maximum Gasteiger partial charge on any atom is 0.245 e. The Bertz CT molecular complexity index is 1420. The van der Waals surface area contributed by atoms with Crippen molar-refractivity contribution in [2.75, 3.05) is 48.5 Å². The molecule has 1 aliphatic rings. The topological polar surface area (TPSA) is 217 Å². The molecule has 4 N–H and O–H groups in total. The first kappa shape index (κ1) is 50.5. The van der Waals surface area contributed by atoms with Crippen LogP contribution in [0.25, 0.3) is 0 Å². The molecule has 4 amide bonds. The third-order valence-electron chi connectivity index (χ3n) is 9.82. The number of carbonyl (C=O) groups excluding carboxylic acids is 4. The van der Waals surface area contributed by atoms with E-state index in [-0.39, 0.29) is 65.9 Å². The molecule has 3 heterocycles. The van der Waals surface area contributed by atoms with Gasteiger partial charge in [0.15, 0.2) is 5.82 Å². The van der Waals surface area contributed by atoms with Crippen LogP contribution >= 0.6 is 0 Å². The van der Waals surface area contributed by atoms with Gasteiger partial charge < -0.3 is 20.1 Å². The third kappa shape index (κ3) is 16.2. The zero-order valence-electron chi connectivity index (χ0n) is 35.7. The van der Waals surface area contributed by atoms with Gasteiger partial charge in [0.25, 0.3) is 0 Å². The maximum atomic E-state index is 14.0. The number of aliphatic hydroxyl groups is 1. The minimum atomic E-state index is -0.712. The fraction of sp³-hybridized carbons (Fsp3) is 0.811. The van der Waals surface area contributed by atoms with Gasteiger partial charge in [0, 0.05) is 27.8 Å². The Labute approximate surface area is 341 Å². The summed E-state index contributed by atoms with van der Waals surface area (Å²) < 4.78 is 7.63. The predicted molar refractivity (Wildman–Crippen MR) is 214 cm³/mol. The van der Waals surface area contributed by atoms with Gasteiger partial charge in [0.2, 0.25) is 17.7 Å². The minimum absolute atomic E-state index is 0.0338. The second-order valence-electron chi connectivity index (χ2n) is 15.1. The molecule has 6 unspecified atom stereocenters. The number of likely N-dealkylation sites (tertiary alicyclic amines) is 1. The molecule has 1 fully saturated rings. The minimum Gasteiger partial charge on any atom is -0.400 e. The summed E-state index contributed by atoms with van der Waals surface area (Å²) in [4.78, 5) is 59.4. The van der Waals surface area contributed by atoms with Gasteiger partial charge in [-0.25, -0.2) is 0 Å². The van der Waals surface area contributed by atoms with E-state index in [9.17, 15) is 19.2 Å². The van der Waals surface area contributed by atoms with Crippen molar-refractivity contribution >= 4 is 39.6 Å². The number of tetrazole rings is 1. The Morgan fingerprint density at radius 1 is 1.07 bits per heavy atom. The van der Waals surface area contributed by atoms with Crippen molar-refractivity contribution in [3.05, 3.63) is 17.7 Å². The SMILES string of the molecule is CCCC(C(CC(=O)N1CCCC1CC(C)C(=O)NCCn1cc(C[Se])nn1)OC)N(C)C(=O)C(NC(=O)C(C(C)C)N(C)C)C(C)C.CO.Cc1nn[nH]n1. The van der Waals surface area contributed by atoms with Crippen molar-refractivity contribution in [3.63, 3.8) is 0 Å². The van der Waals surface area contributed by atoms with E-state index < -0.39 is 12.1 Å². The number of hydrogen-bond acceptors (Lipinski definition) is 12. The maximum absolute atomic E-state index is 14.0. The number of nitrogens with zero attached hydrogens (tertiary/aromatic N) is 9. The molecule has 0 saturated carbocycles. The molecule has 3 rings (SSSR count). The van der Waals surface area contributed by atoms with E-state index >= 15 is 0 Å². The molecule has 0 spiro atoms. The van der Waals surface area contributed by atoms with Crippen LogP contribution in [0.2, 0.25) is 0 Å². The first-order valence-corrected chi connectivity index (χ1v) is 20.7. The predicted octanol–water partition coefficient (Wildman–Crippen LogP) is 0.956. The van der Waals surface area contributed by atoms with E-state index in [1.807, 2.05) is 71.6 Å². The molecule has 1 radical (unpaired) electrons. The monoisotopic (exact) mass is 857 g/mol. The molecule has 56 heavy (non-hydrogen) atoms. The summed E-state index contributed by atoms with van der Waals surface area (Å²) in [5, 5.41) is 34.5. The molecule has 319 valence electrons. The molecule has 6 atom stereocenters. The van der Waals surface area contributed by atoms with Gasteiger partial charge in [-0.1, -0.05) is 46.3 Å². The van der Waals surface area contributed by atoms with E-state index in [1.165, 1.54) is 0 Å². The quantitative estimate of drug-likeness (QED) is 0.137. The van der Waals surface area contributed by atoms with Gasteiger partial charge in [-0.3, -0.25) is 19.3 Å². The zero-order valence-corrected chi connectivity index (χ0v) is 37.4. The van der Waals surface area contributed by atoms with Crippen molar-refractivity contribution in [2.24, 2.45) is 17.8 Å². The van der Waals surface area contributed by atoms with Gasteiger partial charge >= 0.3 is 114 Å². The summed E-state index contributed by atoms with van der Waals surface area (Å²) in [5.74, 6) is -0.104. The average molecular weight is 857 g/mol. The molecule has 2 aromatic heterocycles. The van der Waals surface area contributed by atoms with Crippen molar-refractivity contribution in [1.82, 2.24) is 61.0 Å². The summed E-state index contributed by atoms with van der Waals surface area (Å²) in [6.45, 7) is 15.2.